The van der Waals surface area contributed by atoms with Crippen LogP contribution in [0.25, 0.3) is 22.1 Å². The Balaban J connectivity index is 1.90. The van der Waals surface area contributed by atoms with Crippen molar-refractivity contribution in [2.24, 2.45) is 7.05 Å². The summed E-state index contributed by atoms with van der Waals surface area (Å²) in [7, 11) is 2.09. The minimum absolute atomic E-state index is 0.134. The van der Waals surface area contributed by atoms with Crippen LogP contribution < -0.4 is 9.88 Å². The maximum atomic E-state index is 5.85. The zero-order chi connectivity index (χ0) is 14.2. The molecule has 3 aromatic rings. The molecule has 1 aliphatic heterocycles. The lowest BCUT2D eigenvalue weighted by atomic mass is 10.1. The fourth-order valence-corrected chi connectivity index (χ4v) is 2.99. The Labute approximate surface area is 123 Å². The van der Waals surface area contributed by atoms with Crippen molar-refractivity contribution in [3.63, 3.8) is 0 Å². The molecule has 0 spiro atoms. The van der Waals surface area contributed by atoms with E-state index in [-0.39, 0.29) is 6.10 Å². The van der Waals surface area contributed by atoms with E-state index in [4.69, 9.17) is 9.72 Å². The van der Waals surface area contributed by atoms with E-state index < -0.39 is 0 Å². The van der Waals surface area contributed by atoms with Gasteiger partial charge in [0.1, 0.15) is 18.1 Å². The number of hydrogen-bond donors (Lipinski definition) is 1. The highest BCUT2D eigenvalue weighted by Crippen LogP contribution is 2.22. The van der Waals surface area contributed by atoms with Gasteiger partial charge in [-0.1, -0.05) is 18.2 Å². The SMILES string of the molecule is C[n+]1c2ccccc2nc2ccc(C3CNCCO3)cc21. The van der Waals surface area contributed by atoms with E-state index in [0.29, 0.717) is 0 Å². The Morgan fingerprint density at radius 2 is 2.00 bits per heavy atom. The van der Waals surface area contributed by atoms with Crippen LogP contribution in [0.1, 0.15) is 11.7 Å². The summed E-state index contributed by atoms with van der Waals surface area (Å²) >= 11 is 0. The lowest BCUT2D eigenvalue weighted by Gasteiger charge is -2.23. The molecular weight excluding hydrogens is 262 g/mol. The number of aryl methyl sites for hydroxylation is 1. The summed E-state index contributed by atoms with van der Waals surface area (Å²) in [4.78, 5) is 4.75. The van der Waals surface area contributed by atoms with Gasteiger partial charge in [0, 0.05) is 25.2 Å². The minimum atomic E-state index is 0.134. The van der Waals surface area contributed by atoms with E-state index in [1.54, 1.807) is 0 Å². The second-order valence-electron chi connectivity index (χ2n) is 5.47. The summed E-state index contributed by atoms with van der Waals surface area (Å²) in [6.45, 7) is 2.57. The van der Waals surface area contributed by atoms with Gasteiger partial charge in [0.2, 0.25) is 11.0 Å². The predicted octanol–water partition coefficient (Wildman–Crippen LogP) is 1.87. The molecule has 0 saturated carbocycles. The molecule has 1 N–H and O–H groups in total. The van der Waals surface area contributed by atoms with Crippen LogP contribution in [-0.4, -0.2) is 24.7 Å². The van der Waals surface area contributed by atoms with Gasteiger partial charge < -0.3 is 10.1 Å². The van der Waals surface area contributed by atoms with Crippen LogP contribution in [0, 0.1) is 0 Å². The number of nitrogens with one attached hydrogen (secondary N) is 1. The van der Waals surface area contributed by atoms with E-state index in [1.807, 2.05) is 12.1 Å². The zero-order valence-electron chi connectivity index (χ0n) is 12.0. The van der Waals surface area contributed by atoms with E-state index in [0.717, 1.165) is 41.8 Å². The molecule has 21 heavy (non-hydrogen) atoms. The molecule has 1 unspecified atom stereocenters. The molecule has 1 saturated heterocycles. The molecule has 1 aliphatic rings. The van der Waals surface area contributed by atoms with Crippen LogP contribution in [0.3, 0.4) is 0 Å². The lowest BCUT2D eigenvalue weighted by molar-refractivity contribution is -0.618. The first-order chi connectivity index (χ1) is 10.3. The number of morpholine rings is 1. The van der Waals surface area contributed by atoms with Gasteiger partial charge in [-0.05, 0) is 17.7 Å². The first-order valence-electron chi connectivity index (χ1n) is 7.34. The number of nitrogens with zero attached hydrogens (tertiary/aromatic N) is 2. The van der Waals surface area contributed by atoms with Crippen LogP contribution >= 0.6 is 0 Å². The first-order valence-corrected chi connectivity index (χ1v) is 7.34. The fourth-order valence-electron chi connectivity index (χ4n) is 2.99. The molecule has 1 aromatic heterocycles. The van der Waals surface area contributed by atoms with Crippen LogP contribution in [0.2, 0.25) is 0 Å². The average Bonchev–Trinajstić information content (AvgIpc) is 2.56. The number of aromatic nitrogens is 2. The molecule has 0 aliphatic carbocycles. The third-order valence-corrected chi connectivity index (χ3v) is 4.14. The fraction of sp³-hybridized carbons (Fsp3) is 0.294. The van der Waals surface area contributed by atoms with Crippen LogP contribution in [0.4, 0.5) is 0 Å². The monoisotopic (exact) mass is 280 g/mol. The van der Waals surface area contributed by atoms with Gasteiger partial charge in [0.15, 0.2) is 0 Å². The molecule has 0 amide bonds. The first kappa shape index (κ1) is 12.7. The normalized spacial score (nSPS) is 19.2. The van der Waals surface area contributed by atoms with Crippen LogP contribution in [0.15, 0.2) is 42.5 Å². The molecule has 2 heterocycles. The molecule has 4 heteroatoms. The molecule has 0 radical (unpaired) electrons. The summed E-state index contributed by atoms with van der Waals surface area (Å²) in [6, 6.07) is 14.7. The minimum Gasteiger partial charge on any atom is -0.371 e. The third kappa shape index (κ3) is 2.17. The highest BCUT2D eigenvalue weighted by molar-refractivity contribution is 5.81. The molecule has 1 fully saturated rings. The molecule has 1 atom stereocenters. The maximum absolute atomic E-state index is 5.85. The van der Waals surface area contributed by atoms with Crippen molar-refractivity contribution in [1.82, 2.24) is 10.3 Å². The van der Waals surface area contributed by atoms with Gasteiger partial charge in [-0.25, -0.2) is 4.98 Å². The van der Waals surface area contributed by atoms with Crippen LogP contribution in [-0.2, 0) is 11.8 Å². The van der Waals surface area contributed by atoms with E-state index in [1.165, 1.54) is 5.56 Å². The summed E-state index contributed by atoms with van der Waals surface area (Å²) in [6.07, 6.45) is 0.134. The Morgan fingerprint density at radius 1 is 1.14 bits per heavy atom. The Bertz CT molecular complexity index is 810. The Kier molecular flexibility index (Phi) is 3.05. The number of fused-ring (bicyclic) bond motifs is 2. The molecule has 106 valence electrons. The van der Waals surface area contributed by atoms with Gasteiger partial charge in [-0.2, -0.15) is 4.57 Å². The van der Waals surface area contributed by atoms with E-state index in [9.17, 15) is 0 Å². The van der Waals surface area contributed by atoms with Crippen molar-refractivity contribution in [2.45, 2.75) is 6.10 Å². The highest BCUT2D eigenvalue weighted by Gasteiger charge is 2.19. The van der Waals surface area contributed by atoms with E-state index in [2.05, 4.69) is 47.3 Å². The second-order valence-corrected chi connectivity index (χ2v) is 5.47. The Hall–Kier alpha value is -2.04. The molecular formula is C17H18N3O+. The number of para-hydroxylation sites is 2. The van der Waals surface area contributed by atoms with Crippen molar-refractivity contribution in [3.05, 3.63) is 48.0 Å². The van der Waals surface area contributed by atoms with Gasteiger partial charge in [-0.3, -0.25) is 0 Å². The number of ether oxygens (including phenoxy) is 1. The van der Waals surface area contributed by atoms with Gasteiger partial charge in [0.05, 0.1) is 12.7 Å². The molecule has 4 nitrogen and oxygen atoms in total. The topological polar surface area (TPSA) is 38.0 Å². The average molecular weight is 280 g/mol. The highest BCUT2D eigenvalue weighted by atomic mass is 16.5. The third-order valence-electron chi connectivity index (χ3n) is 4.14. The summed E-state index contributed by atoms with van der Waals surface area (Å²) in [5.74, 6) is 0. The smallest absolute Gasteiger partial charge is 0.231 e. The van der Waals surface area contributed by atoms with Gasteiger partial charge >= 0.3 is 0 Å². The van der Waals surface area contributed by atoms with Crippen molar-refractivity contribution in [1.29, 1.82) is 0 Å². The molecule has 4 rings (SSSR count). The van der Waals surface area contributed by atoms with Crippen LogP contribution in [0.5, 0.6) is 0 Å². The Morgan fingerprint density at radius 3 is 2.86 bits per heavy atom. The second kappa shape index (κ2) is 5.06. The maximum Gasteiger partial charge on any atom is 0.231 e. The summed E-state index contributed by atoms with van der Waals surface area (Å²) in [5.41, 5.74) is 5.53. The van der Waals surface area contributed by atoms with Gasteiger partial charge in [0.25, 0.3) is 0 Å². The number of rotatable bonds is 1. The zero-order valence-corrected chi connectivity index (χ0v) is 12.0. The predicted molar refractivity (Wildman–Crippen MR) is 82.0 cm³/mol. The van der Waals surface area contributed by atoms with E-state index >= 15 is 0 Å². The van der Waals surface area contributed by atoms with Crippen molar-refractivity contribution in [2.75, 3.05) is 19.7 Å². The summed E-state index contributed by atoms with van der Waals surface area (Å²) in [5, 5.41) is 3.38. The van der Waals surface area contributed by atoms with Gasteiger partial charge in [-0.15, -0.1) is 0 Å². The summed E-state index contributed by atoms with van der Waals surface area (Å²) < 4.78 is 8.05. The van der Waals surface area contributed by atoms with Crippen molar-refractivity contribution in [3.8, 4) is 0 Å². The lowest BCUT2D eigenvalue weighted by Crippen LogP contribution is -2.34. The van der Waals surface area contributed by atoms with Crippen molar-refractivity contribution >= 4 is 22.1 Å². The number of hydrogen-bond acceptors (Lipinski definition) is 3. The largest absolute Gasteiger partial charge is 0.371 e. The number of benzene rings is 2. The quantitative estimate of drug-likeness (QED) is 0.546. The van der Waals surface area contributed by atoms with Crippen molar-refractivity contribution < 1.29 is 9.30 Å². The standard InChI is InChI=1S/C17H18N3O/c1-20-15-5-3-2-4-13(15)19-14-7-6-12(10-16(14)20)17-11-18-8-9-21-17/h2-7,10,17-18H,8-9,11H2,1H3/q+1. The molecule has 0 bridgehead atoms. The molecule has 2 aromatic carbocycles.